The maximum absolute atomic E-state index is 13.8. The van der Waals surface area contributed by atoms with E-state index in [9.17, 15) is 4.79 Å². The van der Waals surface area contributed by atoms with Gasteiger partial charge in [-0.05, 0) is 61.7 Å². The summed E-state index contributed by atoms with van der Waals surface area (Å²) in [6.07, 6.45) is 6.39. The largest absolute Gasteiger partial charge is 0.366 e. The lowest BCUT2D eigenvalue weighted by atomic mass is 9.89. The summed E-state index contributed by atoms with van der Waals surface area (Å²) in [5, 5.41) is 7.50. The molecular weight excluding hydrogens is 452 g/mol. The monoisotopic (exact) mass is 480 g/mol. The summed E-state index contributed by atoms with van der Waals surface area (Å²) in [6, 6.07) is 13.5. The number of rotatable bonds is 3. The summed E-state index contributed by atoms with van der Waals surface area (Å²) in [7, 11) is 1.88. The van der Waals surface area contributed by atoms with Gasteiger partial charge >= 0.3 is 6.03 Å². The second-order valence-electron chi connectivity index (χ2n) is 9.61. The van der Waals surface area contributed by atoms with Crippen molar-refractivity contribution in [3.05, 3.63) is 66.7 Å². The number of hydrogen-bond donors (Lipinski definition) is 1. The summed E-state index contributed by atoms with van der Waals surface area (Å²) in [4.78, 5) is 31.7. The Morgan fingerprint density at radius 3 is 2.61 bits per heavy atom. The summed E-state index contributed by atoms with van der Waals surface area (Å²) in [5.74, 6) is 1.52. The minimum Gasteiger partial charge on any atom is -0.366 e. The summed E-state index contributed by atoms with van der Waals surface area (Å²) >= 11 is 0. The zero-order chi connectivity index (χ0) is 24.8. The van der Waals surface area contributed by atoms with Gasteiger partial charge in [0.2, 0.25) is 0 Å². The minimum absolute atomic E-state index is 0.0205. The Bertz CT molecular complexity index is 1450. The van der Waals surface area contributed by atoms with Crippen molar-refractivity contribution >= 4 is 23.4 Å². The number of pyridine rings is 3. The van der Waals surface area contributed by atoms with E-state index in [0.29, 0.717) is 17.6 Å². The molecule has 0 saturated carbocycles. The van der Waals surface area contributed by atoms with Crippen molar-refractivity contribution in [1.82, 2.24) is 24.7 Å². The SMILES string of the molecule is Cc1cc(-c2ccc3c(n2)N(C(=O)Nc2cc(-c4ccn(C)n4)ccn2)C2CN3CC[C@@H]2C)ccn1. The second kappa shape index (κ2) is 8.75. The maximum Gasteiger partial charge on any atom is 0.329 e. The van der Waals surface area contributed by atoms with Crippen LogP contribution in [-0.4, -0.2) is 49.9 Å². The van der Waals surface area contributed by atoms with E-state index in [2.05, 4.69) is 38.3 Å². The van der Waals surface area contributed by atoms with Gasteiger partial charge in [-0.2, -0.15) is 5.10 Å². The summed E-state index contributed by atoms with van der Waals surface area (Å²) in [5.41, 5.74) is 5.43. The predicted octanol–water partition coefficient (Wildman–Crippen LogP) is 4.51. The number of amides is 2. The van der Waals surface area contributed by atoms with Crippen LogP contribution < -0.4 is 15.1 Å². The molecule has 4 aromatic rings. The molecule has 2 aliphatic rings. The van der Waals surface area contributed by atoms with Gasteiger partial charge in [0.05, 0.1) is 23.1 Å². The number of aromatic nitrogens is 5. The molecule has 2 aliphatic heterocycles. The third-order valence-electron chi connectivity index (χ3n) is 7.09. The molecule has 2 amide bonds. The molecule has 36 heavy (non-hydrogen) atoms. The molecule has 0 aliphatic carbocycles. The predicted molar refractivity (Wildman–Crippen MR) is 140 cm³/mol. The average molecular weight is 481 g/mol. The zero-order valence-corrected chi connectivity index (χ0v) is 20.6. The highest BCUT2D eigenvalue weighted by atomic mass is 16.2. The Hall–Kier alpha value is -4.27. The van der Waals surface area contributed by atoms with Crippen molar-refractivity contribution in [2.45, 2.75) is 26.3 Å². The molecule has 0 radical (unpaired) electrons. The highest BCUT2D eigenvalue weighted by molar-refractivity contribution is 6.04. The van der Waals surface area contributed by atoms with E-state index in [4.69, 9.17) is 4.98 Å². The number of anilines is 3. The minimum atomic E-state index is -0.226. The van der Waals surface area contributed by atoms with E-state index in [-0.39, 0.29) is 12.1 Å². The number of piperidine rings is 1. The van der Waals surface area contributed by atoms with Gasteiger partial charge in [-0.1, -0.05) is 6.92 Å². The molecule has 2 bridgehead atoms. The first-order valence-corrected chi connectivity index (χ1v) is 12.2. The van der Waals surface area contributed by atoms with Gasteiger partial charge in [0, 0.05) is 55.5 Å². The first-order valence-electron chi connectivity index (χ1n) is 12.2. The molecule has 2 atom stereocenters. The van der Waals surface area contributed by atoms with Gasteiger partial charge in [-0.15, -0.1) is 0 Å². The van der Waals surface area contributed by atoms with Gasteiger partial charge in [-0.3, -0.25) is 19.9 Å². The molecule has 9 heteroatoms. The summed E-state index contributed by atoms with van der Waals surface area (Å²) < 4.78 is 1.75. The third-order valence-corrected chi connectivity index (χ3v) is 7.09. The highest BCUT2D eigenvalue weighted by Gasteiger charge is 2.41. The number of aryl methyl sites for hydroxylation is 2. The Labute approximate surface area is 209 Å². The van der Waals surface area contributed by atoms with Crippen molar-refractivity contribution in [3.8, 4) is 22.5 Å². The van der Waals surface area contributed by atoms with E-state index >= 15 is 0 Å². The molecule has 6 heterocycles. The lowest BCUT2D eigenvalue weighted by Gasteiger charge is -2.48. The smallest absolute Gasteiger partial charge is 0.329 e. The molecule has 4 aromatic heterocycles. The number of nitrogens with one attached hydrogen (secondary N) is 1. The standard InChI is InChI=1S/C27H28N8O/c1-17-8-13-34-16-24(17)35(26-23(34)5-4-21(30-26)19-6-10-28-18(2)14-19)27(36)31-25-15-20(7-11-29-25)22-9-12-33(3)32-22/h4-7,9-12,14-15,17,24H,8,13,16H2,1-3H3,(H,29,31,36)/t17-,24?/m0/s1. The van der Waals surface area contributed by atoms with Crippen molar-refractivity contribution in [1.29, 1.82) is 0 Å². The van der Waals surface area contributed by atoms with Crippen LogP contribution in [0.5, 0.6) is 0 Å². The average Bonchev–Trinajstić information content (AvgIpc) is 3.32. The molecule has 1 unspecified atom stereocenters. The lowest BCUT2D eigenvalue weighted by Crippen LogP contribution is -2.59. The molecule has 1 N–H and O–H groups in total. The second-order valence-corrected chi connectivity index (χ2v) is 9.61. The molecule has 9 nitrogen and oxygen atoms in total. The van der Waals surface area contributed by atoms with Crippen LogP contribution >= 0.6 is 0 Å². The normalized spacial score (nSPS) is 18.6. The lowest BCUT2D eigenvalue weighted by molar-refractivity contribution is 0.247. The number of carbonyl (C=O) groups is 1. The zero-order valence-electron chi connectivity index (χ0n) is 20.6. The molecule has 0 spiro atoms. The van der Waals surface area contributed by atoms with E-state index in [1.54, 1.807) is 17.1 Å². The Morgan fingerprint density at radius 2 is 1.83 bits per heavy atom. The Balaban J connectivity index is 1.37. The van der Waals surface area contributed by atoms with E-state index in [1.165, 1.54) is 0 Å². The van der Waals surface area contributed by atoms with Crippen LogP contribution in [0.4, 0.5) is 22.1 Å². The fourth-order valence-corrected chi connectivity index (χ4v) is 5.14. The fourth-order valence-electron chi connectivity index (χ4n) is 5.14. The fraction of sp³-hybridized carbons (Fsp3) is 0.296. The number of nitrogens with zero attached hydrogens (tertiary/aromatic N) is 7. The van der Waals surface area contributed by atoms with E-state index in [0.717, 1.165) is 53.4 Å². The topological polar surface area (TPSA) is 92.1 Å². The van der Waals surface area contributed by atoms with Crippen molar-refractivity contribution in [2.75, 3.05) is 28.2 Å². The number of fused-ring (bicyclic) bond motifs is 4. The molecule has 1 fully saturated rings. The van der Waals surface area contributed by atoms with Crippen LogP contribution in [0.1, 0.15) is 19.0 Å². The van der Waals surface area contributed by atoms with Crippen LogP contribution in [0.2, 0.25) is 0 Å². The van der Waals surface area contributed by atoms with Crippen molar-refractivity contribution in [2.24, 2.45) is 13.0 Å². The van der Waals surface area contributed by atoms with Gasteiger partial charge < -0.3 is 4.90 Å². The third kappa shape index (κ3) is 3.96. The Kier molecular flexibility index (Phi) is 5.40. The van der Waals surface area contributed by atoms with E-state index < -0.39 is 0 Å². The van der Waals surface area contributed by atoms with Gasteiger partial charge in [0.15, 0.2) is 5.82 Å². The van der Waals surface area contributed by atoms with Gasteiger partial charge in [-0.25, -0.2) is 14.8 Å². The molecule has 0 aromatic carbocycles. The van der Waals surface area contributed by atoms with Crippen LogP contribution in [0.15, 0.2) is 61.1 Å². The molecule has 1 saturated heterocycles. The molecule has 182 valence electrons. The quantitative estimate of drug-likeness (QED) is 0.464. The van der Waals surface area contributed by atoms with Crippen LogP contribution in [-0.2, 0) is 7.05 Å². The molecule has 6 rings (SSSR count). The first-order chi connectivity index (χ1) is 17.5. The highest BCUT2D eigenvalue weighted by Crippen LogP contribution is 2.41. The number of carbonyl (C=O) groups excluding carboxylic acids is 1. The Morgan fingerprint density at radius 1 is 1.03 bits per heavy atom. The van der Waals surface area contributed by atoms with Crippen LogP contribution in [0, 0.1) is 12.8 Å². The van der Waals surface area contributed by atoms with Crippen molar-refractivity contribution < 1.29 is 4.79 Å². The number of urea groups is 1. The van der Waals surface area contributed by atoms with Gasteiger partial charge in [0.1, 0.15) is 5.82 Å². The van der Waals surface area contributed by atoms with Crippen LogP contribution in [0.25, 0.3) is 22.5 Å². The van der Waals surface area contributed by atoms with E-state index in [1.807, 2.05) is 61.5 Å². The number of hydrogen-bond acceptors (Lipinski definition) is 6. The summed E-state index contributed by atoms with van der Waals surface area (Å²) in [6.45, 7) is 5.93. The molecular formula is C27H28N8O. The van der Waals surface area contributed by atoms with Crippen LogP contribution in [0.3, 0.4) is 0 Å². The van der Waals surface area contributed by atoms with Gasteiger partial charge in [0.25, 0.3) is 0 Å². The first kappa shape index (κ1) is 22.2. The maximum atomic E-state index is 13.8. The van der Waals surface area contributed by atoms with Crippen molar-refractivity contribution in [3.63, 3.8) is 0 Å².